The molecule has 1 aliphatic rings. The second-order valence-electron chi connectivity index (χ2n) is 5.60. The predicted octanol–water partition coefficient (Wildman–Crippen LogP) is 2.28. The minimum Gasteiger partial charge on any atom is -0.395 e. The van der Waals surface area contributed by atoms with Crippen LogP contribution in [-0.4, -0.2) is 39.7 Å². The highest BCUT2D eigenvalue weighted by Gasteiger charge is 2.29. The lowest BCUT2D eigenvalue weighted by Crippen LogP contribution is -2.41. The van der Waals surface area contributed by atoms with Gasteiger partial charge in [0.25, 0.3) is 5.91 Å². The summed E-state index contributed by atoms with van der Waals surface area (Å²) in [6.45, 7) is 6.09. The van der Waals surface area contributed by atoms with Crippen molar-refractivity contribution >= 4 is 17.7 Å². The number of hydrogen-bond donors (Lipinski definition) is 2. The van der Waals surface area contributed by atoms with Gasteiger partial charge >= 0.3 is 0 Å². The van der Waals surface area contributed by atoms with E-state index in [0.29, 0.717) is 6.04 Å². The monoisotopic (exact) mass is 296 g/mol. The highest BCUT2D eigenvalue weighted by molar-refractivity contribution is 7.99. The van der Waals surface area contributed by atoms with Crippen molar-refractivity contribution < 1.29 is 9.90 Å². The van der Waals surface area contributed by atoms with Crippen LogP contribution in [0.3, 0.4) is 0 Å². The quantitative estimate of drug-likeness (QED) is 0.847. The topological polar surface area (TPSA) is 54.3 Å². The first-order valence-corrected chi connectivity index (χ1v) is 8.41. The standard InChI is InChI=1S/C15H24N2O2S/c1-9-7-13(11(3)17(9)12-5-6-12)15(19)16-10(2)14(8-18)20-4/h7,10,12,14,18H,5-6,8H2,1-4H3,(H,16,19). The van der Waals surface area contributed by atoms with E-state index < -0.39 is 0 Å². The fourth-order valence-electron chi connectivity index (χ4n) is 2.72. The third kappa shape index (κ3) is 3.04. The number of aliphatic hydroxyl groups excluding tert-OH is 1. The average molecular weight is 296 g/mol. The Hall–Kier alpha value is -0.940. The van der Waals surface area contributed by atoms with Crippen LogP contribution in [-0.2, 0) is 0 Å². The molecule has 1 saturated carbocycles. The van der Waals surface area contributed by atoms with E-state index in [4.69, 9.17) is 0 Å². The van der Waals surface area contributed by atoms with Crippen LogP contribution < -0.4 is 5.32 Å². The number of rotatable bonds is 6. The SMILES string of the molecule is CSC(CO)C(C)NC(=O)c1cc(C)n(C2CC2)c1C. The summed E-state index contributed by atoms with van der Waals surface area (Å²) in [5.74, 6) is -0.0370. The first kappa shape index (κ1) is 15.4. The van der Waals surface area contributed by atoms with E-state index in [2.05, 4.69) is 16.8 Å². The molecule has 1 aromatic heterocycles. The molecule has 2 unspecified atom stereocenters. The Labute approximate surface area is 124 Å². The van der Waals surface area contributed by atoms with Crippen molar-refractivity contribution in [1.82, 2.24) is 9.88 Å². The molecule has 2 rings (SSSR count). The number of hydrogen-bond acceptors (Lipinski definition) is 3. The van der Waals surface area contributed by atoms with Crippen LogP contribution in [0, 0.1) is 13.8 Å². The van der Waals surface area contributed by atoms with Gasteiger partial charge in [-0.05, 0) is 45.9 Å². The number of thioether (sulfide) groups is 1. The maximum Gasteiger partial charge on any atom is 0.253 e. The molecule has 0 aromatic carbocycles. The molecule has 5 heteroatoms. The molecular weight excluding hydrogens is 272 g/mol. The van der Waals surface area contributed by atoms with Gasteiger partial charge in [0.05, 0.1) is 12.2 Å². The van der Waals surface area contributed by atoms with Gasteiger partial charge in [0.1, 0.15) is 0 Å². The van der Waals surface area contributed by atoms with E-state index in [9.17, 15) is 9.90 Å². The number of aryl methyl sites for hydroxylation is 1. The average Bonchev–Trinajstić information content (AvgIpc) is 3.17. The number of carbonyl (C=O) groups is 1. The Morgan fingerprint density at radius 1 is 1.55 bits per heavy atom. The summed E-state index contributed by atoms with van der Waals surface area (Å²) < 4.78 is 2.28. The van der Waals surface area contributed by atoms with Crippen molar-refractivity contribution in [2.24, 2.45) is 0 Å². The lowest BCUT2D eigenvalue weighted by atomic mass is 10.2. The van der Waals surface area contributed by atoms with E-state index in [-0.39, 0.29) is 23.8 Å². The molecule has 0 saturated heterocycles. The van der Waals surface area contributed by atoms with Crippen LogP contribution in [0.4, 0.5) is 0 Å². The maximum atomic E-state index is 12.4. The highest BCUT2D eigenvalue weighted by atomic mass is 32.2. The molecule has 0 radical (unpaired) electrons. The molecule has 2 N–H and O–H groups in total. The Morgan fingerprint density at radius 2 is 2.20 bits per heavy atom. The zero-order chi connectivity index (χ0) is 14.9. The summed E-state index contributed by atoms with van der Waals surface area (Å²) >= 11 is 1.57. The first-order valence-electron chi connectivity index (χ1n) is 7.12. The summed E-state index contributed by atoms with van der Waals surface area (Å²) in [5, 5.41) is 12.3. The Bertz CT molecular complexity index is 490. The number of aliphatic hydroxyl groups is 1. The lowest BCUT2D eigenvalue weighted by molar-refractivity contribution is 0.0935. The smallest absolute Gasteiger partial charge is 0.253 e. The number of aromatic nitrogens is 1. The van der Waals surface area contributed by atoms with Gasteiger partial charge in [-0.25, -0.2) is 0 Å². The number of amides is 1. The predicted molar refractivity (Wildman–Crippen MR) is 83.5 cm³/mol. The van der Waals surface area contributed by atoms with Gasteiger partial charge in [-0.1, -0.05) is 0 Å². The van der Waals surface area contributed by atoms with Crippen LogP contribution >= 0.6 is 11.8 Å². The second kappa shape index (κ2) is 6.22. The third-order valence-electron chi connectivity index (χ3n) is 4.04. The van der Waals surface area contributed by atoms with Crippen LogP contribution in [0.25, 0.3) is 0 Å². The highest BCUT2D eigenvalue weighted by Crippen LogP contribution is 2.38. The molecule has 20 heavy (non-hydrogen) atoms. The fraction of sp³-hybridized carbons (Fsp3) is 0.667. The zero-order valence-electron chi connectivity index (χ0n) is 12.6. The van der Waals surface area contributed by atoms with E-state index >= 15 is 0 Å². The van der Waals surface area contributed by atoms with Crippen molar-refractivity contribution in [1.29, 1.82) is 0 Å². The first-order chi connectivity index (χ1) is 9.49. The number of carbonyl (C=O) groups excluding carboxylic acids is 1. The summed E-state index contributed by atoms with van der Waals surface area (Å²) in [6.07, 6.45) is 4.38. The largest absolute Gasteiger partial charge is 0.395 e. The Balaban J connectivity index is 2.11. The molecule has 1 amide bonds. The third-order valence-corrected chi connectivity index (χ3v) is 5.20. The van der Waals surface area contributed by atoms with Gasteiger partial charge in [-0.2, -0.15) is 11.8 Å². The minimum atomic E-state index is -0.0496. The molecule has 1 aromatic rings. The molecule has 0 spiro atoms. The van der Waals surface area contributed by atoms with Crippen molar-refractivity contribution in [3.63, 3.8) is 0 Å². The molecule has 0 bridgehead atoms. The van der Waals surface area contributed by atoms with Gasteiger partial charge in [-0.15, -0.1) is 0 Å². The van der Waals surface area contributed by atoms with Crippen LogP contribution in [0.5, 0.6) is 0 Å². The van der Waals surface area contributed by atoms with Crippen LogP contribution in [0.1, 0.15) is 47.6 Å². The lowest BCUT2D eigenvalue weighted by Gasteiger charge is -2.21. The van der Waals surface area contributed by atoms with Crippen molar-refractivity contribution in [2.75, 3.05) is 12.9 Å². The zero-order valence-corrected chi connectivity index (χ0v) is 13.5. The molecule has 112 valence electrons. The normalized spacial score (nSPS) is 17.9. The van der Waals surface area contributed by atoms with Crippen molar-refractivity contribution in [3.8, 4) is 0 Å². The maximum absolute atomic E-state index is 12.4. The molecule has 2 atom stereocenters. The molecule has 1 heterocycles. The number of nitrogens with zero attached hydrogens (tertiary/aromatic N) is 1. The van der Waals surface area contributed by atoms with E-state index in [0.717, 1.165) is 17.0 Å². The molecule has 0 aliphatic heterocycles. The van der Waals surface area contributed by atoms with Gasteiger partial charge in [0.15, 0.2) is 0 Å². The molecule has 4 nitrogen and oxygen atoms in total. The summed E-state index contributed by atoms with van der Waals surface area (Å²) in [5.41, 5.74) is 2.98. The second-order valence-corrected chi connectivity index (χ2v) is 6.68. The van der Waals surface area contributed by atoms with Gasteiger partial charge in [-0.3, -0.25) is 4.79 Å². The summed E-state index contributed by atoms with van der Waals surface area (Å²) in [4.78, 5) is 12.4. The molecule has 1 fully saturated rings. The number of nitrogens with one attached hydrogen (secondary N) is 1. The fourth-order valence-corrected chi connectivity index (χ4v) is 3.34. The summed E-state index contributed by atoms with van der Waals surface area (Å²) in [6, 6.07) is 2.51. The van der Waals surface area contributed by atoms with E-state index in [1.54, 1.807) is 11.8 Å². The van der Waals surface area contributed by atoms with Crippen LogP contribution in [0.2, 0.25) is 0 Å². The Morgan fingerprint density at radius 3 is 2.70 bits per heavy atom. The van der Waals surface area contributed by atoms with E-state index in [1.165, 1.54) is 12.8 Å². The minimum absolute atomic E-state index is 0.0332. The van der Waals surface area contributed by atoms with Gasteiger partial charge in [0, 0.05) is 28.7 Å². The van der Waals surface area contributed by atoms with Gasteiger partial charge < -0.3 is 15.0 Å². The Kier molecular flexibility index (Phi) is 4.81. The van der Waals surface area contributed by atoms with Crippen LogP contribution in [0.15, 0.2) is 6.07 Å². The molecular formula is C15H24N2O2S. The summed E-state index contributed by atoms with van der Waals surface area (Å²) in [7, 11) is 0. The van der Waals surface area contributed by atoms with Gasteiger partial charge in [0.2, 0.25) is 0 Å². The van der Waals surface area contributed by atoms with Crippen molar-refractivity contribution in [2.45, 2.75) is 50.9 Å². The van der Waals surface area contributed by atoms with E-state index in [1.807, 2.05) is 26.2 Å². The van der Waals surface area contributed by atoms with Crippen molar-refractivity contribution in [3.05, 3.63) is 23.0 Å². The molecule has 1 aliphatic carbocycles.